The predicted molar refractivity (Wildman–Crippen MR) is 74.7 cm³/mol. The Hall–Kier alpha value is -0.590. The van der Waals surface area contributed by atoms with Crippen LogP contribution in [0.3, 0.4) is 0 Å². The molecular weight excluding hydrogens is 286 g/mol. The third-order valence-electron chi connectivity index (χ3n) is 3.69. The lowest BCUT2D eigenvalue weighted by Gasteiger charge is -2.23. The van der Waals surface area contributed by atoms with E-state index in [4.69, 9.17) is 11.6 Å². The van der Waals surface area contributed by atoms with Gasteiger partial charge in [0.25, 0.3) is 0 Å². The van der Waals surface area contributed by atoms with E-state index in [1.165, 1.54) is 10.5 Å². The Balaban J connectivity index is 2.11. The molecule has 0 amide bonds. The molecule has 2 rings (SSSR count). The highest BCUT2D eigenvalue weighted by Crippen LogP contribution is 2.36. The lowest BCUT2D eigenvalue weighted by molar-refractivity contribution is 0.357. The Morgan fingerprint density at radius 2 is 2.26 bits per heavy atom. The Morgan fingerprint density at radius 3 is 2.84 bits per heavy atom. The van der Waals surface area contributed by atoms with Gasteiger partial charge in [-0.3, -0.25) is 4.68 Å². The molecule has 0 bridgehead atoms. The van der Waals surface area contributed by atoms with Gasteiger partial charge in [0, 0.05) is 31.7 Å². The Kier molecular flexibility index (Phi) is 4.53. The van der Waals surface area contributed by atoms with Crippen molar-refractivity contribution in [1.29, 1.82) is 0 Å². The van der Waals surface area contributed by atoms with E-state index in [9.17, 15) is 8.42 Å². The van der Waals surface area contributed by atoms with Gasteiger partial charge in [-0.2, -0.15) is 9.40 Å². The van der Waals surface area contributed by atoms with Gasteiger partial charge in [-0.25, -0.2) is 8.42 Å². The summed E-state index contributed by atoms with van der Waals surface area (Å²) in [5.41, 5.74) is 0. The molecule has 0 aromatic carbocycles. The number of aryl methyl sites for hydroxylation is 1. The molecule has 1 saturated carbocycles. The molecule has 7 heteroatoms. The lowest BCUT2D eigenvalue weighted by Crippen LogP contribution is -2.36. The lowest BCUT2D eigenvalue weighted by atomic mass is 10.2. The molecule has 5 nitrogen and oxygen atoms in total. The molecule has 0 aliphatic heterocycles. The van der Waals surface area contributed by atoms with E-state index >= 15 is 0 Å². The number of hydrogen-bond donors (Lipinski definition) is 0. The molecule has 0 radical (unpaired) electrons. The van der Waals surface area contributed by atoms with E-state index in [0.29, 0.717) is 18.3 Å². The highest BCUT2D eigenvalue weighted by Gasteiger charge is 2.36. The standard InChI is InChI=1S/C12H20ClN3O2S/c1-10(11-4-5-11)15(2)19(17,18)12-8-14-16(9-12)7-3-6-13/h8-11H,3-7H2,1-2H3. The van der Waals surface area contributed by atoms with Crippen LogP contribution < -0.4 is 0 Å². The smallest absolute Gasteiger partial charge is 0.246 e. The largest absolute Gasteiger partial charge is 0.271 e. The van der Waals surface area contributed by atoms with E-state index in [0.717, 1.165) is 19.3 Å². The third-order valence-corrected chi connectivity index (χ3v) is 5.85. The summed E-state index contributed by atoms with van der Waals surface area (Å²) in [7, 11) is -1.78. The summed E-state index contributed by atoms with van der Waals surface area (Å²) in [6.07, 6.45) is 6.01. The van der Waals surface area contributed by atoms with Gasteiger partial charge in [-0.15, -0.1) is 11.6 Å². The Labute approximate surface area is 119 Å². The van der Waals surface area contributed by atoms with Crippen molar-refractivity contribution in [3.8, 4) is 0 Å². The Morgan fingerprint density at radius 1 is 1.58 bits per heavy atom. The molecule has 19 heavy (non-hydrogen) atoms. The zero-order chi connectivity index (χ0) is 14.0. The van der Waals surface area contributed by atoms with Crippen LogP contribution in [0.5, 0.6) is 0 Å². The van der Waals surface area contributed by atoms with Crippen molar-refractivity contribution in [2.24, 2.45) is 5.92 Å². The number of rotatable bonds is 7. The molecule has 1 aromatic heterocycles. The highest BCUT2D eigenvalue weighted by molar-refractivity contribution is 7.89. The number of hydrogen-bond acceptors (Lipinski definition) is 3. The number of nitrogens with zero attached hydrogens (tertiary/aromatic N) is 3. The third kappa shape index (κ3) is 3.30. The van der Waals surface area contributed by atoms with Gasteiger partial charge in [0.1, 0.15) is 4.90 Å². The van der Waals surface area contributed by atoms with Crippen LogP contribution in [0.15, 0.2) is 17.3 Å². The monoisotopic (exact) mass is 305 g/mol. The highest BCUT2D eigenvalue weighted by atomic mass is 35.5. The van der Waals surface area contributed by atoms with Gasteiger partial charge in [0.05, 0.1) is 6.20 Å². The van der Waals surface area contributed by atoms with Crippen LogP contribution in [0.1, 0.15) is 26.2 Å². The van der Waals surface area contributed by atoms with Gasteiger partial charge in [0.2, 0.25) is 10.0 Å². The second kappa shape index (κ2) is 5.81. The summed E-state index contributed by atoms with van der Waals surface area (Å²) in [6, 6.07) is 0.0520. The summed E-state index contributed by atoms with van der Waals surface area (Å²) in [6.45, 7) is 2.61. The maximum absolute atomic E-state index is 12.4. The van der Waals surface area contributed by atoms with E-state index < -0.39 is 10.0 Å². The minimum Gasteiger partial charge on any atom is -0.271 e. The van der Waals surface area contributed by atoms with Crippen LogP contribution in [-0.4, -0.2) is 41.5 Å². The number of alkyl halides is 1. The molecule has 1 atom stereocenters. The van der Waals surface area contributed by atoms with Crippen LogP contribution in [0.25, 0.3) is 0 Å². The maximum atomic E-state index is 12.4. The zero-order valence-electron chi connectivity index (χ0n) is 11.3. The first-order chi connectivity index (χ1) is 8.96. The second-order valence-electron chi connectivity index (χ2n) is 5.08. The fraction of sp³-hybridized carbons (Fsp3) is 0.750. The topological polar surface area (TPSA) is 55.2 Å². The molecule has 0 N–H and O–H groups in total. The summed E-state index contributed by atoms with van der Waals surface area (Å²) in [5.74, 6) is 1.05. The van der Waals surface area contributed by atoms with Gasteiger partial charge in [-0.1, -0.05) is 0 Å². The average Bonchev–Trinajstić information content (AvgIpc) is 3.12. The molecule has 1 fully saturated rings. The molecule has 1 heterocycles. The zero-order valence-corrected chi connectivity index (χ0v) is 12.9. The minimum atomic E-state index is -3.43. The molecule has 0 spiro atoms. The van der Waals surface area contributed by atoms with Crippen molar-refractivity contribution in [3.63, 3.8) is 0 Å². The second-order valence-corrected chi connectivity index (χ2v) is 7.46. The van der Waals surface area contributed by atoms with Crippen LogP contribution in [0, 0.1) is 5.92 Å². The Bertz CT molecular complexity index is 525. The molecular formula is C12H20ClN3O2S. The van der Waals surface area contributed by atoms with Crippen LogP contribution in [0.4, 0.5) is 0 Å². The summed E-state index contributed by atoms with van der Waals surface area (Å²) >= 11 is 5.61. The molecule has 1 aliphatic rings. The van der Waals surface area contributed by atoms with Gasteiger partial charge in [0.15, 0.2) is 0 Å². The molecule has 1 aliphatic carbocycles. The van der Waals surface area contributed by atoms with Gasteiger partial charge < -0.3 is 0 Å². The normalized spacial score (nSPS) is 17.9. The van der Waals surface area contributed by atoms with Gasteiger partial charge >= 0.3 is 0 Å². The number of halogens is 1. The van der Waals surface area contributed by atoms with Crippen molar-refractivity contribution in [3.05, 3.63) is 12.4 Å². The van der Waals surface area contributed by atoms with Crippen LogP contribution >= 0.6 is 11.6 Å². The first kappa shape index (κ1) is 14.8. The van der Waals surface area contributed by atoms with E-state index in [1.54, 1.807) is 17.9 Å². The fourth-order valence-electron chi connectivity index (χ4n) is 2.08. The SMILES string of the molecule is CC(C1CC1)N(C)S(=O)(=O)c1cnn(CCCCl)c1. The van der Waals surface area contributed by atoms with Crippen molar-refractivity contribution in [1.82, 2.24) is 14.1 Å². The van der Waals surface area contributed by atoms with E-state index in [1.807, 2.05) is 6.92 Å². The average molecular weight is 306 g/mol. The first-order valence-electron chi connectivity index (χ1n) is 6.53. The van der Waals surface area contributed by atoms with Crippen LogP contribution in [0.2, 0.25) is 0 Å². The van der Waals surface area contributed by atoms with Crippen LogP contribution in [-0.2, 0) is 16.6 Å². The van der Waals surface area contributed by atoms with Crippen molar-refractivity contribution < 1.29 is 8.42 Å². The fourth-order valence-corrected chi connectivity index (χ4v) is 3.58. The number of aromatic nitrogens is 2. The van der Waals surface area contributed by atoms with E-state index in [2.05, 4.69) is 5.10 Å². The number of sulfonamides is 1. The molecule has 108 valence electrons. The summed E-state index contributed by atoms with van der Waals surface area (Å²) < 4.78 is 28.0. The van der Waals surface area contributed by atoms with Crippen molar-refractivity contribution in [2.45, 2.75) is 43.7 Å². The van der Waals surface area contributed by atoms with Crippen molar-refractivity contribution in [2.75, 3.05) is 12.9 Å². The molecule has 1 aromatic rings. The quantitative estimate of drug-likeness (QED) is 0.723. The first-order valence-corrected chi connectivity index (χ1v) is 8.50. The maximum Gasteiger partial charge on any atom is 0.246 e. The summed E-state index contributed by atoms with van der Waals surface area (Å²) in [5, 5.41) is 4.07. The minimum absolute atomic E-state index is 0.0520. The van der Waals surface area contributed by atoms with Gasteiger partial charge in [-0.05, 0) is 32.1 Å². The molecule has 0 saturated heterocycles. The van der Waals surface area contributed by atoms with E-state index in [-0.39, 0.29) is 10.9 Å². The predicted octanol–water partition coefficient (Wildman–Crippen LogP) is 1.93. The van der Waals surface area contributed by atoms with Crippen molar-refractivity contribution >= 4 is 21.6 Å². The summed E-state index contributed by atoms with van der Waals surface area (Å²) in [4.78, 5) is 0.261. The molecule has 1 unspecified atom stereocenters.